The molecule has 0 amide bonds. The van der Waals surface area contributed by atoms with Crippen LogP contribution in [0.25, 0.3) is 0 Å². The molecule has 3 N–H and O–H groups in total. The van der Waals surface area contributed by atoms with Gasteiger partial charge in [0.1, 0.15) is 10.9 Å². The number of hydrogen-bond donors (Lipinski definition) is 2. The number of hydrogen-bond acceptors (Lipinski definition) is 5. The van der Waals surface area contributed by atoms with Gasteiger partial charge in [0.25, 0.3) is 0 Å². The molecule has 0 aromatic carbocycles. The third-order valence-electron chi connectivity index (χ3n) is 2.96. The fourth-order valence-corrected chi connectivity index (χ4v) is 3.11. The fourth-order valence-electron chi connectivity index (χ4n) is 2.10. The van der Waals surface area contributed by atoms with Crippen molar-refractivity contribution in [3.05, 3.63) is 10.0 Å². The lowest BCUT2D eigenvalue weighted by molar-refractivity contribution is 0.516. The van der Waals surface area contributed by atoms with Gasteiger partial charge in [0.05, 0.1) is 0 Å². The summed E-state index contributed by atoms with van der Waals surface area (Å²) in [7, 11) is 0. The molecule has 1 fully saturated rings. The highest BCUT2D eigenvalue weighted by molar-refractivity contribution is 7.16. The van der Waals surface area contributed by atoms with E-state index in [4.69, 9.17) is 22.6 Å². The molecular weight excluding hydrogens is 244 g/mol. The number of nitrogens with two attached hydrogens (primary N) is 1. The molecule has 2 unspecified atom stereocenters. The van der Waals surface area contributed by atoms with Crippen LogP contribution in [0.15, 0.2) is 0 Å². The number of nitrogens with one attached hydrogen (secondary N) is 1. The maximum Gasteiger partial charge on any atom is 0.185 e. The summed E-state index contributed by atoms with van der Waals surface area (Å²) in [4.78, 5) is 4.59. The van der Waals surface area contributed by atoms with E-state index in [1.165, 1.54) is 24.2 Å². The third-order valence-corrected chi connectivity index (χ3v) is 4.23. The van der Waals surface area contributed by atoms with Crippen LogP contribution >= 0.6 is 22.9 Å². The Labute approximate surface area is 103 Å². The molecule has 1 aliphatic carbocycles. The molecule has 0 radical (unpaired) electrons. The largest absolute Gasteiger partial charge is 0.358 e. The lowest BCUT2D eigenvalue weighted by Gasteiger charge is -2.18. The van der Waals surface area contributed by atoms with Gasteiger partial charge in [-0.15, -0.1) is 0 Å². The number of rotatable bonds is 3. The zero-order valence-corrected chi connectivity index (χ0v) is 10.3. The Balaban J connectivity index is 2.06. The van der Waals surface area contributed by atoms with Crippen molar-refractivity contribution in [1.82, 2.24) is 4.98 Å². The second-order valence-corrected chi connectivity index (χ2v) is 5.29. The van der Waals surface area contributed by atoms with E-state index in [-0.39, 0.29) is 5.15 Å². The number of nitrogens with zero attached hydrogens (tertiary/aromatic N) is 2. The van der Waals surface area contributed by atoms with Gasteiger partial charge in [-0.05, 0) is 25.3 Å². The van der Waals surface area contributed by atoms with Gasteiger partial charge in [0, 0.05) is 6.04 Å². The van der Waals surface area contributed by atoms with Gasteiger partial charge in [0.2, 0.25) is 0 Å². The second kappa shape index (κ2) is 5.00. The molecule has 2 atom stereocenters. The molecule has 86 valence electrons. The zero-order chi connectivity index (χ0) is 11.5. The minimum atomic E-state index is 0.289. The van der Waals surface area contributed by atoms with E-state index in [0.717, 1.165) is 11.6 Å². The van der Waals surface area contributed by atoms with Crippen LogP contribution < -0.4 is 11.1 Å². The molecule has 1 aromatic rings. The van der Waals surface area contributed by atoms with Gasteiger partial charge >= 0.3 is 0 Å². The van der Waals surface area contributed by atoms with Gasteiger partial charge < -0.3 is 11.1 Å². The van der Waals surface area contributed by atoms with Gasteiger partial charge in [-0.25, -0.2) is 4.98 Å². The first-order valence-electron chi connectivity index (χ1n) is 5.27. The number of thiazole rings is 1. The molecule has 0 aliphatic heterocycles. The predicted molar refractivity (Wildman–Crippen MR) is 65.6 cm³/mol. The Kier molecular flexibility index (Phi) is 3.64. The monoisotopic (exact) mass is 256 g/mol. The second-order valence-electron chi connectivity index (χ2n) is 3.93. The van der Waals surface area contributed by atoms with Crippen molar-refractivity contribution < 1.29 is 0 Å². The molecule has 16 heavy (non-hydrogen) atoms. The van der Waals surface area contributed by atoms with Gasteiger partial charge in [-0.1, -0.05) is 29.4 Å². The lowest BCUT2D eigenvalue weighted by Crippen LogP contribution is -2.29. The molecule has 0 saturated heterocycles. The Bertz CT molecular complexity index is 411. The van der Waals surface area contributed by atoms with Crippen molar-refractivity contribution in [1.29, 1.82) is 5.26 Å². The molecule has 6 heteroatoms. The molecule has 2 rings (SSSR count). The number of nitriles is 1. The molecule has 0 bridgehead atoms. The average Bonchev–Trinajstić information content (AvgIpc) is 2.85. The summed E-state index contributed by atoms with van der Waals surface area (Å²) in [5.74, 6) is 0.508. The van der Waals surface area contributed by atoms with Crippen LogP contribution in [0.5, 0.6) is 0 Å². The topological polar surface area (TPSA) is 74.7 Å². The normalized spacial score (nSPS) is 24.3. The Morgan fingerprint density at radius 2 is 2.44 bits per heavy atom. The molecule has 1 heterocycles. The van der Waals surface area contributed by atoms with Crippen molar-refractivity contribution >= 4 is 28.1 Å². The summed E-state index contributed by atoms with van der Waals surface area (Å²) in [6, 6.07) is 2.40. The highest BCUT2D eigenvalue weighted by Gasteiger charge is 2.26. The standard InChI is InChI=1S/C10H13ClN4S/c11-9-8(5-13)16-10(15-9)14-7-3-1-2-6(7)4-12/h6-7H,1-4,12H2,(H,14,15). The number of anilines is 1. The highest BCUT2D eigenvalue weighted by Crippen LogP contribution is 2.31. The summed E-state index contributed by atoms with van der Waals surface area (Å²) in [6.45, 7) is 0.696. The Hall–Kier alpha value is -0.830. The van der Waals surface area contributed by atoms with E-state index < -0.39 is 0 Å². The van der Waals surface area contributed by atoms with Crippen LogP contribution in [0.4, 0.5) is 5.13 Å². The van der Waals surface area contributed by atoms with E-state index in [2.05, 4.69) is 10.3 Å². The predicted octanol–water partition coefficient (Wildman–Crippen LogP) is 2.21. The van der Waals surface area contributed by atoms with Crippen LogP contribution in [0.3, 0.4) is 0 Å². The molecule has 4 nitrogen and oxygen atoms in total. The fraction of sp³-hybridized carbons (Fsp3) is 0.600. The maximum absolute atomic E-state index is 8.78. The number of aromatic nitrogens is 1. The smallest absolute Gasteiger partial charge is 0.185 e. The van der Waals surface area contributed by atoms with Crippen LogP contribution in [0.1, 0.15) is 24.1 Å². The SMILES string of the molecule is N#Cc1sc(NC2CCCC2CN)nc1Cl. The quantitative estimate of drug-likeness (QED) is 0.870. The first-order valence-corrected chi connectivity index (χ1v) is 6.47. The average molecular weight is 257 g/mol. The van der Waals surface area contributed by atoms with Crippen molar-refractivity contribution in [3.63, 3.8) is 0 Å². The van der Waals surface area contributed by atoms with Crippen molar-refractivity contribution in [2.24, 2.45) is 11.7 Å². The molecular formula is C10H13ClN4S. The first kappa shape index (κ1) is 11.6. The van der Waals surface area contributed by atoms with E-state index in [9.17, 15) is 0 Å². The van der Waals surface area contributed by atoms with Crippen LogP contribution in [0.2, 0.25) is 5.15 Å². The van der Waals surface area contributed by atoms with E-state index >= 15 is 0 Å². The van der Waals surface area contributed by atoms with E-state index in [1.807, 2.05) is 6.07 Å². The molecule has 0 spiro atoms. The first-order chi connectivity index (χ1) is 7.74. The van der Waals surface area contributed by atoms with Crippen LogP contribution in [-0.2, 0) is 0 Å². The van der Waals surface area contributed by atoms with Crippen molar-refractivity contribution in [2.75, 3.05) is 11.9 Å². The van der Waals surface area contributed by atoms with Crippen LogP contribution in [-0.4, -0.2) is 17.6 Å². The Morgan fingerprint density at radius 3 is 3.06 bits per heavy atom. The molecule has 1 aromatic heterocycles. The lowest BCUT2D eigenvalue weighted by atomic mass is 10.0. The maximum atomic E-state index is 8.78. The molecule has 1 saturated carbocycles. The zero-order valence-electron chi connectivity index (χ0n) is 8.74. The highest BCUT2D eigenvalue weighted by atomic mass is 35.5. The molecule has 1 aliphatic rings. The van der Waals surface area contributed by atoms with Crippen molar-refractivity contribution in [2.45, 2.75) is 25.3 Å². The number of halogens is 1. The Morgan fingerprint density at radius 1 is 1.62 bits per heavy atom. The summed E-state index contributed by atoms with van der Waals surface area (Å²) in [5, 5.41) is 13.1. The van der Waals surface area contributed by atoms with Gasteiger partial charge in [0.15, 0.2) is 10.3 Å². The van der Waals surface area contributed by atoms with Gasteiger partial charge in [-0.3, -0.25) is 0 Å². The van der Waals surface area contributed by atoms with Gasteiger partial charge in [-0.2, -0.15) is 5.26 Å². The summed E-state index contributed by atoms with van der Waals surface area (Å²) in [6.07, 6.45) is 3.48. The summed E-state index contributed by atoms with van der Waals surface area (Å²) >= 11 is 7.12. The summed E-state index contributed by atoms with van der Waals surface area (Å²) < 4.78 is 0. The summed E-state index contributed by atoms with van der Waals surface area (Å²) in [5.41, 5.74) is 5.70. The van der Waals surface area contributed by atoms with E-state index in [1.54, 1.807) is 0 Å². The van der Waals surface area contributed by atoms with Crippen LogP contribution in [0, 0.1) is 17.2 Å². The minimum absolute atomic E-state index is 0.289. The third kappa shape index (κ3) is 2.29. The minimum Gasteiger partial charge on any atom is -0.358 e. The van der Waals surface area contributed by atoms with E-state index in [0.29, 0.717) is 23.4 Å². The van der Waals surface area contributed by atoms with Crippen molar-refractivity contribution in [3.8, 4) is 6.07 Å².